The van der Waals surface area contributed by atoms with Crippen molar-refractivity contribution in [3.63, 3.8) is 0 Å². The third kappa shape index (κ3) is 3.13. The highest BCUT2D eigenvalue weighted by Crippen LogP contribution is 2.29. The van der Waals surface area contributed by atoms with Gasteiger partial charge in [-0.3, -0.25) is 4.79 Å². The lowest BCUT2D eigenvalue weighted by Crippen LogP contribution is -2.08. The minimum Gasteiger partial charge on any atom is -0.478 e. The first-order valence-corrected chi connectivity index (χ1v) is 6.80. The first-order chi connectivity index (χ1) is 8.99. The number of aromatic carboxylic acids is 1. The van der Waals surface area contributed by atoms with Gasteiger partial charge in [0.1, 0.15) is 10.2 Å². The van der Waals surface area contributed by atoms with Gasteiger partial charge < -0.3 is 14.8 Å². The van der Waals surface area contributed by atoms with Gasteiger partial charge in [-0.2, -0.15) is 0 Å². The van der Waals surface area contributed by atoms with Crippen LogP contribution in [0.1, 0.15) is 10.4 Å². The van der Waals surface area contributed by atoms with Crippen LogP contribution in [0.25, 0.3) is 0 Å². The summed E-state index contributed by atoms with van der Waals surface area (Å²) in [4.78, 5) is 28.5. The number of carboxylic acid groups (broad SMARTS) is 1. The van der Waals surface area contributed by atoms with Crippen LogP contribution in [0.15, 0.2) is 33.8 Å². The second-order valence-corrected chi connectivity index (χ2v) is 5.36. The lowest BCUT2D eigenvalue weighted by atomic mass is 10.2. The molecular formula is C11H6BrIN2O4. The zero-order valence-corrected chi connectivity index (χ0v) is 12.9. The average molecular weight is 437 g/mol. The van der Waals surface area contributed by atoms with Crippen molar-refractivity contribution in [3.05, 3.63) is 48.5 Å². The molecule has 0 aliphatic heterocycles. The first kappa shape index (κ1) is 14.0. The van der Waals surface area contributed by atoms with Crippen LogP contribution in [0.4, 0.5) is 0 Å². The summed E-state index contributed by atoms with van der Waals surface area (Å²) in [5.74, 6) is -0.664. The summed E-state index contributed by atoms with van der Waals surface area (Å²) in [5.41, 5.74) is -0.286. The Morgan fingerprint density at radius 1 is 1.47 bits per heavy atom. The summed E-state index contributed by atoms with van der Waals surface area (Å²) in [6, 6.07) is 4.46. The number of hydrogen-bond acceptors (Lipinski definition) is 4. The van der Waals surface area contributed by atoms with Gasteiger partial charge in [0.15, 0.2) is 0 Å². The van der Waals surface area contributed by atoms with Gasteiger partial charge in [-0.1, -0.05) is 0 Å². The molecule has 6 nitrogen and oxygen atoms in total. The summed E-state index contributed by atoms with van der Waals surface area (Å²) in [6.07, 6.45) is 1.20. The van der Waals surface area contributed by atoms with Crippen molar-refractivity contribution in [1.82, 2.24) is 9.97 Å². The SMILES string of the molecule is O=C(O)c1ccc(I)c(Oc2nc[nH]c(=O)c2Br)c1. The second-order valence-electron chi connectivity index (χ2n) is 3.40. The van der Waals surface area contributed by atoms with Crippen LogP contribution in [0.3, 0.4) is 0 Å². The van der Waals surface area contributed by atoms with E-state index in [9.17, 15) is 9.59 Å². The van der Waals surface area contributed by atoms with E-state index < -0.39 is 5.97 Å². The molecule has 2 rings (SSSR count). The van der Waals surface area contributed by atoms with Crippen molar-refractivity contribution in [2.45, 2.75) is 0 Å². The molecule has 0 amide bonds. The van der Waals surface area contributed by atoms with Gasteiger partial charge in [0.25, 0.3) is 5.56 Å². The maximum atomic E-state index is 11.4. The molecule has 0 saturated heterocycles. The fraction of sp³-hybridized carbons (Fsp3) is 0. The van der Waals surface area contributed by atoms with Gasteiger partial charge >= 0.3 is 5.97 Å². The van der Waals surface area contributed by atoms with Gasteiger partial charge in [0.2, 0.25) is 5.88 Å². The molecule has 8 heteroatoms. The molecule has 98 valence electrons. The van der Waals surface area contributed by atoms with Crippen LogP contribution in [0, 0.1) is 3.57 Å². The molecule has 0 radical (unpaired) electrons. The summed E-state index contributed by atoms with van der Waals surface area (Å²) in [6.45, 7) is 0. The Labute approximate surface area is 129 Å². The summed E-state index contributed by atoms with van der Waals surface area (Å²) in [5, 5.41) is 8.93. The quantitative estimate of drug-likeness (QED) is 0.721. The normalized spacial score (nSPS) is 10.2. The molecule has 0 fully saturated rings. The monoisotopic (exact) mass is 436 g/mol. The van der Waals surface area contributed by atoms with E-state index in [1.807, 2.05) is 22.6 Å². The third-order valence-electron chi connectivity index (χ3n) is 2.15. The maximum absolute atomic E-state index is 11.4. The minimum absolute atomic E-state index is 0.0733. The second kappa shape index (κ2) is 5.70. The van der Waals surface area contributed by atoms with Crippen LogP contribution in [0.2, 0.25) is 0 Å². The molecular weight excluding hydrogens is 431 g/mol. The van der Waals surface area contributed by atoms with Crippen molar-refractivity contribution >= 4 is 44.5 Å². The summed E-state index contributed by atoms with van der Waals surface area (Å²) in [7, 11) is 0. The van der Waals surface area contributed by atoms with Gasteiger partial charge in [-0.15, -0.1) is 0 Å². The molecule has 0 aliphatic carbocycles. The molecule has 0 aliphatic rings. The van der Waals surface area contributed by atoms with Crippen LogP contribution in [0.5, 0.6) is 11.6 Å². The van der Waals surface area contributed by atoms with E-state index in [0.29, 0.717) is 9.32 Å². The van der Waals surface area contributed by atoms with Crippen LogP contribution in [-0.4, -0.2) is 21.0 Å². The average Bonchev–Trinajstić information content (AvgIpc) is 2.37. The Morgan fingerprint density at radius 3 is 2.89 bits per heavy atom. The number of aromatic amines is 1. The number of ether oxygens (including phenoxy) is 1. The molecule has 0 unspecified atom stereocenters. The van der Waals surface area contributed by atoms with Crippen LogP contribution >= 0.6 is 38.5 Å². The molecule has 19 heavy (non-hydrogen) atoms. The van der Waals surface area contributed by atoms with Gasteiger partial charge in [-0.25, -0.2) is 9.78 Å². The number of carbonyl (C=O) groups is 1. The Kier molecular flexibility index (Phi) is 4.20. The topological polar surface area (TPSA) is 92.3 Å². The Bertz CT molecular complexity index is 701. The highest BCUT2D eigenvalue weighted by molar-refractivity contribution is 14.1. The standard InChI is InChI=1S/C11H6BrIN2O4/c12-8-9(16)14-4-15-10(8)19-7-3-5(11(17)18)1-2-6(7)13/h1-4H,(H,17,18)(H,14,15,16). The molecule has 0 bridgehead atoms. The number of carboxylic acids is 1. The van der Waals surface area contributed by atoms with E-state index in [0.717, 1.165) is 0 Å². The molecule has 1 aromatic heterocycles. The smallest absolute Gasteiger partial charge is 0.335 e. The van der Waals surface area contributed by atoms with E-state index in [1.165, 1.54) is 18.5 Å². The molecule has 2 N–H and O–H groups in total. The van der Waals surface area contributed by atoms with Crippen LogP contribution in [-0.2, 0) is 0 Å². The van der Waals surface area contributed by atoms with Crippen molar-refractivity contribution in [2.24, 2.45) is 0 Å². The number of nitrogens with one attached hydrogen (secondary N) is 1. The van der Waals surface area contributed by atoms with E-state index >= 15 is 0 Å². The van der Waals surface area contributed by atoms with Crippen LogP contribution < -0.4 is 10.3 Å². The number of halogens is 2. The molecule has 1 aromatic carbocycles. The van der Waals surface area contributed by atoms with Gasteiger partial charge in [0, 0.05) is 0 Å². The predicted octanol–water partition coefficient (Wildman–Crippen LogP) is 2.63. The van der Waals surface area contributed by atoms with Crippen molar-refractivity contribution in [2.75, 3.05) is 0 Å². The molecule has 2 aromatic rings. The zero-order valence-electron chi connectivity index (χ0n) is 9.18. The molecule has 0 spiro atoms. The minimum atomic E-state index is -1.06. The largest absolute Gasteiger partial charge is 0.478 e. The number of aromatic nitrogens is 2. The fourth-order valence-electron chi connectivity index (χ4n) is 1.26. The van der Waals surface area contributed by atoms with Gasteiger partial charge in [0.05, 0.1) is 15.5 Å². The van der Waals surface area contributed by atoms with Crippen molar-refractivity contribution in [1.29, 1.82) is 0 Å². The lowest BCUT2D eigenvalue weighted by molar-refractivity contribution is 0.0696. The number of nitrogens with zero attached hydrogens (tertiary/aromatic N) is 1. The van der Waals surface area contributed by atoms with Crippen molar-refractivity contribution < 1.29 is 14.6 Å². The zero-order chi connectivity index (χ0) is 14.0. The first-order valence-electron chi connectivity index (χ1n) is 4.93. The highest BCUT2D eigenvalue weighted by atomic mass is 127. The van der Waals surface area contributed by atoms with Gasteiger partial charge in [-0.05, 0) is 56.7 Å². The Balaban J connectivity index is 2.43. The van der Waals surface area contributed by atoms with Crippen molar-refractivity contribution in [3.8, 4) is 11.6 Å². The Morgan fingerprint density at radius 2 is 2.21 bits per heavy atom. The van der Waals surface area contributed by atoms with E-state index in [4.69, 9.17) is 9.84 Å². The van der Waals surface area contributed by atoms with E-state index in [1.54, 1.807) is 6.07 Å². The Hall–Kier alpha value is -1.42. The number of rotatable bonds is 3. The fourth-order valence-corrected chi connectivity index (χ4v) is 2.00. The molecule has 0 atom stereocenters. The third-order valence-corrected chi connectivity index (χ3v) is 3.74. The lowest BCUT2D eigenvalue weighted by Gasteiger charge is -2.08. The molecule has 1 heterocycles. The van der Waals surface area contributed by atoms with E-state index in [-0.39, 0.29) is 21.5 Å². The predicted molar refractivity (Wildman–Crippen MR) is 78.8 cm³/mol. The maximum Gasteiger partial charge on any atom is 0.335 e. The highest BCUT2D eigenvalue weighted by Gasteiger charge is 2.12. The number of hydrogen-bond donors (Lipinski definition) is 2. The number of H-pyrrole nitrogens is 1. The molecule has 0 saturated carbocycles. The summed E-state index contributed by atoms with van der Waals surface area (Å²) >= 11 is 5.06. The number of benzene rings is 1. The summed E-state index contributed by atoms with van der Waals surface area (Å²) < 4.78 is 6.31. The van der Waals surface area contributed by atoms with E-state index in [2.05, 4.69) is 25.9 Å².